The molecule has 7 heteroatoms. The van der Waals surface area contributed by atoms with Gasteiger partial charge in [0.2, 0.25) is 0 Å². The average Bonchev–Trinajstić information content (AvgIpc) is 3.26. The summed E-state index contributed by atoms with van der Waals surface area (Å²) in [6.45, 7) is 0.846. The van der Waals surface area contributed by atoms with Crippen molar-refractivity contribution in [2.45, 2.75) is 6.42 Å². The third-order valence-corrected chi connectivity index (χ3v) is 5.74. The Balaban J connectivity index is 1.48. The van der Waals surface area contributed by atoms with Crippen molar-refractivity contribution in [3.05, 3.63) is 81.1 Å². The lowest BCUT2D eigenvalue weighted by atomic mass is 10.1. The number of hydrogen-bond donors (Lipinski definition) is 2. The van der Waals surface area contributed by atoms with Crippen molar-refractivity contribution in [2.24, 2.45) is 0 Å². The van der Waals surface area contributed by atoms with Crippen LogP contribution in [0.3, 0.4) is 0 Å². The molecule has 4 nitrogen and oxygen atoms in total. The van der Waals surface area contributed by atoms with Crippen molar-refractivity contribution >= 4 is 34.3 Å². The summed E-state index contributed by atoms with van der Waals surface area (Å²) in [4.78, 5) is 6.41. The van der Waals surface area contributed by atoms with Gasteiger partial charge in [0.05, 0.1) is 17.8 Å². The maximum absolute atomic E-state index is 13.0. The minimum absolute atomic E-state index is 0.154. The lowest BCUT2D eigenvalue weighted by molar-refractivity contribution is 0.351. The zero-order valence-electron chi connectivity index (χ0n) is 14.8. The summed E-state index contributed by atoms with van der Waals surface area (Å²) in [5, 5.41) is 22.1. The fourth-order valence-electron chi connectivity index (χ4n) is 3.11. The third kappa shape index (κ3) is 3.79. The summed E-state index contributed by atoms with van der Waals surface area (Å²) in [6, 6.07) is 13.7. The average molecular weight is 414 g/mol. The Hall–Kier alpha value is -2.70. The van der Waals surface area contributed by atoms with Gasteiger partial charge in [-0.15, -0.1) is 11.3 Å². The van der Waals surface area contributed by atoms with Crippen molar-refractivity contribution in [3.63, 3.8) is 0 Å². The second-order valence-electron chi connectivity index (χ2n) is 6.51. The first-order chi connectivity index (χ1) is 13.5. The summed E-state index contributed by atoms with van der Waals surface area (Å²) in [7, 11) is 0. The first-order valence-corrected chi connectivity index (χ1v) is 9.99. The van der Waals surface area contributed by atoms with Gasteiger partial charge in [-0.05, 0) is 36.2 Å². The van der Waals surface area contributed by atoms with Crippen molar-refractivity contribution in [3.8, 4) is 11.3 Å². The highest BCUT2D eigenvalue weighted by atomic mass is 35.5. The van der Waals surface area contributed by atoms with Crippen LogP contribution in [-0.4, -0.2) is 33.9 Å². The Morgan fingerprint density at radius 2 is 1.86 bits per heavy atom. The molecule has 2 aromatic carbocycles. The van der Waals surface area contributed by atoms with Crippen LogP contribution < -0.4 is 0 Å². The maximum Gasteiger partial charge on any atom is 0.135 e. The van der Waals surface area contributed by atoms with Crippen LogP contribution in [0.5, 0.6) is 0 Å². The van der Waals surface area contributed by atoms with Gasteiger partial charge in [0, 0.05) is 22.5 Å². The third-order valence-electron chi connectivity index (χ3n) is 4.62. The van der Waals surface area contributed by atoms with Crippen molar-refractivity contribution in [2.75, 3.05) is 13.1 Å². The SMILES string of the molecule is N=C1C(c2nc(-c3ccc(Cl)cc3)cs2)=C(O)CN1CCc1ccc(F)cc1. The lowest BCUT2D eigenvalue weighted by Gasteiger charge is -2.18. The van der Waals surface area contributed by atoms with E-state index in [2.05, 4.69) is 4.98 Å². The highest BCUT2D eigenvalue weighted by molar-refractivity contribution is 7.11. The van der Waals surface area contributed by atoms with Gasteiger partial charge in [-0.3, -0.25) is 5.41 Å². The van der Waals surface area contributed by atoms with Gasteiger partial charge >= 0.3 is 0 Å². The molecular formula is C21H17ClFN3OS. The smallest absolute Gasteiger partial charge is 0.135 e. The Kier molecular flexibility index (Phi) is 5.15. The molecule has 0 amide bonds. The molecule has 142 valence electrons. The molecule has 4 rings (SSSR count). The quantitative estimate of drug-likeness (QED) is 0.588. The number of halogens is 2. The van der Waals surface area contributed by atoms with Gasteiger partial charge in [-0.25, -0.2) is 9.37 Å². The second kappa shape index (κ2) is 7.73. The molecule has 1 aliphatic rings. The minimum atomic E-state index is -0.264. The standard InChI is InChI=1S/C21H17ClFN3OS/c22-15-5-3-14(4-6-15)17-12-28-21(25-17)19-18(27)11-26(20(19)24)10-9-13-1-7-16(23)8-2-13/h1-8,12,24,27H,9-11H2. The number of amidine groups is 1. The summed E-state index contributed by atoms with van der Waals surface area (Å²) in [5.41, 5.74) is 3.19. The zero-order valence-corrected chi connectivity index (χ0v) is 16.4. The van der Waals surface area contributed by atoms with Crippen LogP contribution in [0.4, 0.5) is 4.39 Å². The van der Waals surface area contributed by atoms with Crippen LogP contribution in [0.2, 0.25) is 5.02 Å². The molecule has 0 fully saturated rings. The number of benzene rings is 2. The summed E-state index contributed by atoms with van der Waals surface area (Å²) in [5.74, 6) is 0.150. The van der Waals surface area contributed by atoms with E-state index in [0.29, 0.717) is 28.6 Å². The largest absolute Gasteiger partial charge is 0.510 e. The van der Waals surface area contributed by atoms with Gasteiger partial charge < -0.3 is 10.0 Å². The van der Waals surface area contributed by atoms with E-state index < -0.39 is 0 Å². The van der Waals surface area contributed by atoms with Gasteiger partial charge in [0.25, 0.3) is 0 Å². The van der Waals surface area contributed by atoms with Gasteiger partial charge in [0.1, 0.15) is 22.4 Å². The van der Waals surface area contributed by atoms with Gasteiger partial charge in [-0.1, -0.05) is 35.9 Å². The molecule has 28 heavy (non-hydrogen) atoms. The predicted molar refractivity (Wildman–Crippen MR) is 112 cm³/mol. The molecule has 2 N–H and O–H groups in total. The molecule has 0 saturated heterocycles. The molecule has 0 saturated carbocycles. The van der Waals surface area contributed by atoms with Crippen molar-refractivity contribution < 1.29 is 9.50 Å². The molecule has 3 aromatic rings. The molecular weight excluding hydrogens is 397 g/mol. The Morgan fingerprint density at radius 1 is 1.14 bits per heavy atom. The highest BCUT2D eigenvalue weighted by Crippen LogP contribution is 2.32. The van der Waals surface area contributed by atoms with E-state index in [-0.39, 0.29) is 24.0 Å². The van der Waals surface area contributed by atoms with E-state index in [1.54, 1.807) is 29.2 Å². The van der Waals surface area contributed by atoms with Crippen molar-refractivity contribution in [1.29, 1.82) is 5.41 Å². The van der Waals surface area contributed by atoms with E-state index in [1.807, 2.05) is 17.5 Å². The topological polar surface area (TPSA) is 60.2 Å². The summed E-state index contributed by atoms with van der Waals surface area (Å²) >= 11 is 7.33. The van der Waals surface area contributed by atoms with E-state index in [9.17, 15) is 9.50 Å². The van der Waals surface area contributed by atoms with E-state index in [0.717, 1.165) is 16.8 Å². The van der Waals surface area contributed by atoms with Crippen LogP contribution in [0.1, 0.15) is 10.6 Å². The number of nitrogens with zero attached hydrogens (tertiary/aromatic N) is 2. The monoisotopic (exact) mass is 413 g/mol. The number of hydrogen-bond acceptors (Lipinski definition) is 4. The van der Waals surface area contributed by atoms with E-state index in [1.165, 1.54) is 23.5 Å². The number of thiazole rings is 1. The van der Waals surface area contributed by atoms with Gasteiger partial charge in [0.15, 0.2) is 0 Å². The zero-order chi connectivity index (χ0) is 19.7. The molecule has 0 spiro atoms. The second-order valence-corrected chi connectivity index (χ2v) is 7.81. The first-order valence-electron chi connectivity index (χ1n) is 8.73. The van der Waals surface area contributed by atoms with E-state index in [4.69, 9.17) is 17.0 Å². The first kappa shape index (κ1) is 18.7. The molecule has 1 aliphatic heterocycles. The fourth-order valence-corrected chi connectivity index (χ4v) is 4.13. The van der Waals surface area contributed by atoms with Crippen LogP contribution in [0.15, 0.2) is 59.7 Å². The van der Waals surface area contributed by atoms with Crippen LogP contribution >= 0.6 is 22.9 Å². The highest BCUT2D eigenvalue weighted by Gasteiger charge is 2.30. The summed E-state index contributed by atoms with van der Waals surface area (Å²) < 4.78 is 13.0. The maximum atomic E-state index is 13.0. The molecule has 2 heterocycles. The number of aliphatic hydroxyl groups excluding tert-OH is 1. The fraction of sp³-hybridized carbons (Fsp3) is 0.143. The normalized spacial score (nSPS) is 14.2. The van der Waals surface area contributed by atoms with Crippen LogP contribution in [0.25, 0.3) is 16.8 Å². The molecule has 0 aliphatic carbocycles. The Bertz CT molecular complexity index is 1040. The van der Waals surface area contributed by atoms with Crippen LogP contribution in [0, 0.1) is 11.2 Å². The van der Waals surface area contributed by atoms with Gasteiger partial charge in [-0.2, -0.15) is 0 Å². The number of aromatic nitrogens is 1. The molecule has 0 radical (unpaired) electrons. The molecule has 0 bridgehead atoms. The summed E-state index contributed by atoms with van der Waals surface area (Å²) in [6.07, 6.45) is 0.664. The predicted octanol–water partition coefficient (Wildman–Crippen LogP) is 5.41. The van der Waals surface area contributed by atoms with E-state index >= 15 is 0 Å². The van der Waals surface area contributed by atoms with Crippen LogP contribution in [-0.2, 0) is 6.42 Å². The Morgan fingerprint density at radius 3 is 2.57 bits per heavy atom. The lowest BCUT2D eigenvalue weighted by Crippen LogP contribution is -2.28. The molecule has 1 aromatic heterocycles. The number of rotatable bonds is 5. The minimum Gasteiger partial charge on any atom is -0.510 e. The number of aliphatic hydroxyl groups is 1. The molecule has 0 unspecified atom stereocenters. The van der Waals surface area contributed by atoms with Crippen molar-refractivity contribution in [1.82, 2.24) is 9.88 Å². The molecule has 0 atom stereocenters. The Labute approximate surface area is 171 Å². The number of nitrogens with one attached hydrogen (secondary N) is 1.